The summed E-state index contributed by atoms with van der Waals surface area (Å²) in [6, 6.07) is 12.0. The highest BCUT2D eigenvalue weighted by Gasteiger charge is 2.21. The van der Waals surface area contributed by atoms with Crippen molar-refractivity contribution in [1.29, 1.82) is 0 Å². The number of nitrogens with two attached hydrogens (primary N) is 1. The van der Waals surface area contributed by atoms with Gasteiger partial charge in [-0.25, -0.2) is 0 Å². The van der Waals surface area contributed by atoms with Gasteiger partial charge in [0.15, 0.2) is 5.82 Å². The minimum Gasteiger partial charge on any atom is -0.382 e. The van der Waals surface area contributed by atoms with Gasteiger partial charge in [0, 0.05) is 20.1 Å². The summed E-state index contributed by atoms with van der Waals surface area (Å²) in [6.07, 6.45) is 0. The Kier molecular flexibility index (Phi) is 2.51. The van der Waals surface area contributed by atoms with Gasteiger partial charge in [0.05, 0.1) is 11.4 Å². The van der Waals surface area contributed by atoms with Crippen LogP contribution in [-0.2, 0) is 0 Å². The zero-order valence-electron chi connectivity index (χ0n) is 10.2. The average Bonchev–Trinajstić information content (AvgIpc) is 2.41. The third-order valence-electron chi connectivity index (χ3n) is 3.19. The van der Waals surface area contributed by atoms with E-state index in [1.54, 1.807) is 6.07 Å². The van der Waals surface area contributed by atoms with Crippen LogP contribution in [0.1, 0.15) is 0 Å². The van der Waals surface area contributed by atoms with Gasteiger partial charge in [-0.3, -0.25) is 0 Å². The van der Waals surface area contributed by atoms with Crippen LogP contribution in [0, 0.1) is 0 Å². The Morgan fingerprint density at radius 1 is 1.00 bits per heavy atom. The van der Waals surface area contributed by atoms with E-state index in [0.29, 0.717) is 5.82 Å². The number of likely N-dealkylation sites (N-methyl/N-ethyl adjacent to an activating group) is 1. The molecule has 92 valence electrons. The maximum Gasteiger partial charge on any atom is 0.155 e. The van der Waals surface area contributed by atoms with Crippen LogP contribution in [-0.4, -0.2) is 30.3 Å². The fourth-order valence-electron chi connectivity index (χ4n) is 2.22. The quantitative estimate of drug-likeness (QED) is 0.822. The molecular formula is C13H15N5. The van der Waals surface area contributed by atoms with Gasteiger partial charge in [-0.05, 0) is 24.3 Å². The lowest BCUT2D eigenvalue weighted by Gasteiger charge is -2.36. The van der Waals surface area contributed by atoms with E-state index in [0.717, 1.165) is 24.6 Å². The van der Waals surface area contributed by atoms with Crippen LogP contribution in [0.4, 0.5) is 23.0 Å². The normalized spacial score (nSPS) is 14.5. The molecule has 0 saturated heterocycles. The summed E-state index contributed by atoms with van der Waals surface area (Å²) in [7, 11) is 2.10. The van der Waals surface area contributed by atoms with E-state index < -0.39 is 0 Å². The zero-order valence-corrected chi connectivity index (χ0v) is 10.2. The number of para-hydroxylation sites is 2. The van der Waals surface area contributed by atoms with Crippen LogP contribution in [0.3, 0.4) is 0 Å². The molecule has 2 aromatic rings. The maximum absolute atomic E-state index is 5.57. The molecule has 1 aliphatic rings. The summed E-state index contributed by atoms with van der Waals surface area (Å²) in [4.78, 5) is 4.42. The molecule has 2 N–H and O–H groups in total. The molecule has 18 heavy (non-hydrogen) atoms. The third kappa shape index (κ3) is 1.73. The number of rotatable bonds is 1. The molecule has 2 heterocycles. The molecule has 1 aromatic carbocycles. The van der Waals surface area contributed by atoms with E-state index in [1.165, 1.54) is 5.69 Å². The molecule has 1 aromatic heterocycles. The monoisotopic (exact) mass is 241 g/mol. The molecule has 0 unspecified atom stereocenters. The lowest BCUT2D eigenvalue weighted by molar-refractivity contribution is 0.804. The standard InChI is InChI=1S/C13H15N5/c1-17-8-9-18(11-5-3-2-4-10(11)17)13-7-6-12(14)15-16-13/h2-7H,8-9H2,1H3,(H2,14,15). The van der Waals surface area contributed by atoms with E-state index in [9.17, 15) is 0 Å². The molecule has 0 fully saturated rings. The molecule has 3 rings (SSSR count). The van der Waals surface area contributed by atoms with Crippen molar-refractivity contribution in [2.45, 2.75) is 0 Å². The van der Waals surface area contributed by atoms with E-state index >= 15 is 0 Å². The van der Waals surface area contributed by atoms with Crippen molar-refractivity contribution in [2.24, 2.45) is 0 Å². The molecular weight excluding hydrogens is 226 g/mol. The fourth-order valence-corrected chi connectivity index (χ4v) is 2.22. The van der Waals surface area contributed by atoms with Gasteiger partial charge in [-0.2, -0.15) is 0 Å². The topological polar surface area (TPSA) is 58.3 Å². The third-order valence-corrected chi connectivity index (χ3v) is 3.19. The molecule has 0 atom stereocenters. The first kappa shape index (κ1) is 10.8. The lowest BCUT2D eigenvalue weighted by atomic mass is 10.2. The van der Waals surface area contributed by atoms with Crippen LogP contribution >= 0.6 is 0 Å². The molecule has 5 nitrogen and oxygen atoms in total. The van der Waals surface area contributed by atoms with E-state index in [2.05, 4.69) is 39.2 Å². The first-order valence-corrected chi connectivity index (χ1v) is 5.92. The molecule has 0 bridgehead atoms. The van der Waals surface area contributed by atoms with Crippen molar-refractivity contribution in [3.63, 3.8) is 0 Å². The van der Waals surface area contributed by atoms with E-state index in [4.69, 9.17) is 5.73 Å². The molecule has 0 amide bonds. The van der Waals surface area contributed by atoms with Gasteiger partial charge in [-0.1, -0.05) is 12.1 Å². The number of nitrogens with zero attached hydrogens (tertiary/aromatic N) is 4. The molecule has 1 aliphatic heterocycles. The SMILES string of the molecule is CN1CCN(c2ccc(N)nn2)c2ccccc21. The molecule has 0 aliphatic carbocycles. The highest BCUT2D eigenvalue weighted by Crippen LogP contribution is 2.35. The van der Waals surface area contributed by atoms with E-state index in [1.807, 2.05) is 18.2 Å². The highest BCUT2D eigenvalue weighted by atomic mass is 15.3. The summed E-state index contributed by atoms with van der Waals surface area (Å²) in [6.45, 7) is 1.86. The van der Waals surface area contributed by atoms with Gasteiger partial charge in [0.1, 0.15) is 5.82 Å². The van der Waals surface area contributed by atoms with Crippen molar-refractivity contribution in [1.82, 2.24) is 10.2 Å². The number of nitrogen functional groups attached to an aromatic ring is 1. The van der Waals surface area contributed by atoms with Crippen LogP contribution < -0.4 is 15.5 Å². The highest BCUT2D eigenvalue weighted by molar-refractivity contribution is 5.78. The number of benzene rings is 1. The van der Waals surface area contributed by atoms with Crippen molar-refractivity contribution in [3.8, 4) is 0 Å². The fraction of sp³-hybridized carbons (Fsp3) is 0.231. The Morgan fingerprint density at radius 2 is 1.78 bits per heavy atom. The summed E-state index contributed by atoms with van der Waals surface area (Å²) >= 11 is 0. The van der Waals surface area contributed by atoms with Crippen molar-refractivity contribution in [2.75, 3.05) is 35.7 Å². The van der Waals surface area contributed by atoms with Crippen LogP contribution in [0.25, 0.3) is 0 Å². The Morgan fingerprint density at radius 3 is 2.50 bits per heavy atom. The number of hydrogen-bond donors (Lipinski definition) is 1. The smallest absolute Gasteiger partial charge is 0.155 e. The number of anilines is 4. The van der Waals surface area contributed by atoms with Crippen molar-refractivity contribution in [3.05, 3.63) is 36.4 Å². The summed E-state index contributed by atoms with van der Waals surface area (Å²) < 4.78 is 0. The lowest BCUT2D eigenvalue weighted by Crippen LogP contribution is -2.36. The summed E-state index contributed by atoms with van der Waals surface area (Å²) in [5.74, 6) is 1.28. The maximum atomic E-state index is 5.57. The van der Waals surface area contributed by atoms with Crippen molar-refractivity contribution >= 4 is 23.0 Å². The number of aromatic nitrogens is 2. The number of hydrogen-bond acceptors (Lipinski definition) is 5. The van der Waals surface area contributed by atoms with Gasteiger partial charge >= 0.3 is 0 Å². The molecule has 0 radical (unpaired) electrons. The zero-order chi connectivity index (χ0) is 12.5. The largest absolute Gasteiger partial charge is 0.382 e. The summed E-state index contributed by atoms with van der Waals surface area (Å²) in [5.41, 5.74) is 7.94. The molecule has 0 saturated carbocycles. The van der Waals surface area contributed by atoms with Gasteiger partial charge in [-0.15, -0.1) is 10.2 Å². The van der Waals surface area contributed by atoms with Crippen LogP contribution in [0.2, 0.25) is 0 Å². The van der Waals surface area contributed by atoms with E-state index in [-0.39, 0.29) is 0 Å². The minimum absolute atomic E-state index is 0.446. The van der Waals surface area contributed by atoms with Gasteiger partial charge in [0.2, 0.25) is 0 Å². The number of fused-ring (bicyclic) bond motifs is 1. The summed E-state index contributed by atoms with van der Waals surface area (Å²) in [5, 5.41) is 8.08. The molecule has 0 spiro atoms. The average molecular weight is 241 g/mol. The Balaban J connectivity index is 2.04. The predicted molar refractivity (Wildman–Crippen MR) is 73.2 cm³/mol. The van der Waals surface area contributed by atoms with Gasteiger partial charge in [0.25, 0.3) is 0 Å². The van der Waals surface area contributed by atoms with Crippen molar-refractivity contribution < 1.29 is 0 Å². The van der Waals surface area contributed by atoms with Gasteiger partial charge < -0.3 is 15.5 Å². The Hall–Kier alpha value is -2.30. The molecule has 5 heteroatoms. The minimum atomic E-state index is 0.446. The second kappa shape index (κ2) is 4.18. The van der Waals surface area contributed by atoms with Crippen LogP contribution in [0.15, 0.2) is 36.4 Å². The first-order chi connectivity index (χ1) is 8.75. The van der Waals surface area contributed by atoms with Crippen LogP contribution in [0.5, 0.6) is 0 Å². The Bertz CT molecular complexity index is 552. The second-order valence-electron chi connectivity index (χ2n) is 4.38. The predicted octanol–water partition coefficient (Wildman–Crippen LogP) is 1.65. The first-order valence-electron chi connectivity index (χ1n) is 5.92. The Labute approximate surface area is 106 Å². The second-order valence-corrected chi connectivity index (χ2v) is 4.38.